The minimum absolute atomic E-state index is 0.679. The van der Waals surface area contributed by atoms with Crippen molar-refractivity contribution in [3.05, 3.63) is 33.8 Å². The fraction of sp³-hybridized carbons (Fsp3) is 0.455. The van der Waals surface area contributed by atoms with Crippen molar-refractivity contribution in [1.29, 1.82) is 0 Å². The van der Waals surface area contributed by atoms with Gasteiger partial charge in [0.2, 0.25) is 0 Å². The Morgan fingerprint density at radius 3 is 3.00 bits per heavy atom. The van der Waals surface area contributed by atoms with Gasteiger partial charge in [0.25, 0.3) is 0 Å². The highest BCUT2D eigenvalue weighted by atomic mass is 79.9. The molecule has 1 aliphatic carbocycles. The highest BCUT2D eigenvalue weighted by molar-refractivity contribution is 9.10. The van der Waals surface area contributed by atoms with Gasteiger partial charge in [-0.15, -0.1) is 0 Å². The molecule has 0 aliphatic heterocycles. The molecule has 1 nitrogen and oxygen atoms in total. The summed E-state index contributed by atoms with van der Waals surface area (Å²) in [6, 6.07) is 6.45. The number of rotatable bonds is 2. The Balaban J connectivity index is 2.20. The Bertz CT molecular complexity index is 309. The summed E-state index contributed by atoms with van der Waals surface area (Å²) < 4.78 is 6.43. The van der Waals surface area contributed by atoms with Crippen LogP contribution in [0.2, 0.25) is 0 Å². The molecule has 1 unspecified atom stereocenters. The van der Waals surface area contributed by atoms with Gasteiger partial charge in [0.15, 0.2) is 0 Å². The summed E-state index contributed by atoms with van der Waals surface area (Å²) in [5.41, 5.74) is 2.96. The van der Waals surface area contributed by atoms with Crippen LogP contribution in [0.5, 0.6) is 0 Å². The normalized spacial score (nSPS) is 20.3. The average Bonchev–Trinajstić information content (AvgIpc) is 2.49. The lowest BCUT2D eigenvalue weighted by atomic mass is 10.1. The van der Waals surface area contributed by atoms with E-state index in [1.807, 2.05) is 0 Å². The second-order valence-corrected chi connectivity index (χ2v) is 4.46. The molecule has 0 heterocycles. The summed E-state index contributed by atoms with van der Waals surface area (Å²) >= 11 is 3.59. The molecule has 1 atom stereocenters. The zero-order chi connectivity index (χ0) is 9.26. The fourth-order valence-corrected chi connectivity index (χ4v) is 2.62. The second kappa shape index (κ2) is 3.81. The minimum atomic E-state index is 0.679. The van der Waals surface area contributed by atoms with Crippen LogP contribution in [0.4, 0.5) is 0 Å². The lowest BCUT2D eigenvalue weighted by Crippen LogP contribution is -2.07. The molecule has 1 aliphatic rings. The summed E-state index contributed by atoms with van der Waals surface area (Å²) in [7, 11) is 1.78. The monoisotopic (exact) mass is 240 g/mol. The van der Waals surface area contributed by atoms with E-state index in [1.54, 1.807) is 7.11 Å². The summed E-state index contributed by atoms with van der Waals surface area (Å²) in [5, 5.41) is 0. The van der Waals surface area contributed by atoms with Gasteiger partial charge in [-0.3, -0.25) is 0 Å². The van der Waals surface area contributed by atoms with E-state index in [2.05, 4.69) is 34.1 Å². The molecule has 1 aromatic carbocycles. The van der Waals surface area contributed by atoms with E-state index in [0.29, 0.717) is 5.92 Å². The Hall–Kier alpha value is -0.340. The number of fused-ring (bicyclic) bond motifs is 1. The number of methoxy groups -OCH3 is 1. The fourth-order valence-electron chi connectivity index (χ4n) is 2.05. The summed E-state index contributed by atoms with van der Waals surface area (Å²) in [6.45, 7) is 0.876. The van der Waals surface area contributed by atoms with Crippen LogP contribution in [-0.2, 0) is 17.6 Å². The molecular weight excluding hydrogens is 228 g/mol. The lowest BCUT2D eigenvalue weighted by Gasteiger charge is -2.05. The van der Waals surface area contributed by atoms with Gasteiger partial charge in [-0.2, -0.15) is 0 Å². The Labute approximate surface area is 87.2 Å². The van der Waals surface area contributed by atoms with Crippen LogP contribution in [0.1, 0.15) is 11.1 Å². The molecule has 2 heteroatoms. The molecule has 0 amide bonds. The zero-order valence-corrected chi connectivity index (χ0v) is 9.30. The van der Waals surface area contributed by atoms with E-state index in [1.165, 1.54) is 22.0 Å². The van der Waals surface area contributed by atoms with Gasteiger partial charge in [0, 0.05) is 18.2 Å². The van der Waals surface area contributed by atoms with Crippen LogP contribution in [0.15, 0.2) is 22.7 Å². The molecule has 1 aromatic rings. The van der Waals surface area contributed by atoms with Crippen LogP contribution in [0.3, 0.4) is 0 Å². The molecule has 13 heavy (non-hydrogen) atoms. The van der Waals surface area contributed by atoms with Gasteiger partial charge in [0.05, 0.1) is 0 Å². The third-order valence-electron chi connectivity index (χ3n) is 2.62. The molecule has 0 bridgehead atoms. The highest BCUT2D eigenvalue weighted by Gasteiger charge is 2.22. The van der Waals surface area contributed by atoms with E-state index in [9.17, 15) is 0 Å². The smallest absolute Gasteiger partial charge is 0.0496 e. The van der Waals surface area contributed by atoms with Crippen molar-refractivity contribution in [1.82, 2.24) is 0 Å². The van der Waals surface area contributed by atoms with E-state index in [0.717, 1.165) is 13.0 Å². The van der Waals surface area contributed by atoms with Gasteiger partial charge < -0.3 is 4.74 Å². The third kappa shape index (κ3) is 1.79. The van der Waals surface area contributed by atoms with Crippen molar-refractivity contribution in [2.45, 2.75) is 12.8 Å². The van der Waals surface area contributed by atoms with Gasteiger partial charge in [-0.05, 0) is 36.0 Å². The van der Waals surface area contributed by atoms with Gasteiger partial charge >= 0.3 is 0 Å². The molecular formula is C11H13BrO. The molecule has 2 rings (SSSR count). The number of halogens is 1. The first-order valence-corrected chi connectivity index (χ1v) is 5.35. The molecule has 0 spiro atoms. The maximum atomic E-state index is 5.18. The quantitative estimate of drug-likeness (QED) is 0.773. The van der Waals surface area contributed by atoms with E-state index < -0.39 is 0 Å². The van der Waals surface area contributed by atoms with Crippen molar-refractivity contribution in [3.8, 4) is 0 Å². The lowest BCUT2D eigenvalue weighted by molar-refractivity contribution is 0.156. The summed E-state index contributed by atoms with van der Waals surface area (Å²) in [4.78, 5) is 0. The third-order valence-corrected chi connectivity index (χ3v) is 3.36. The Morgan fingerprint density at radius 2 is 2.31 bits per heavy atom. The summed E-state index contributed by atoms with van der Waals surface area (Å²) in [5.74, 6) is 0.679. The highest BCUT2D eigenvalue weighted by Crippen LogP contribution is 2.32. The van der Waals surface area contributed by atoms with Gasteiger partial charge in [0.1, 0.15) is 0 Å². The van der Waals surface area contributed by atoms with Crippen molar-refractivity contribution < 1.29 is 4.74 Å². The first kappa shape index (κ1) is 9.22. The van der Waals surface area contributed by atoms with Gasteiger partial charge in [-0.25, -0.2) is 0 Å². The molecule has 70 valence electrons. The maximum Gasteiger partial charge on any atom is 0.0496 e. The van der Waals surface area contributed by atoms with Crippen LogP contribution >= 0.6 is 15.9 Å². The molecule has 0 radical (unpaired) electrons. The Kier molecular flexibility index (Phi) is 2.70. The van der Waals surface area contributed by atoms with Crippen molar-refractivity contribution >= 4 is 15.9 Å². The van der Waals surface area contributed by atoms with Crippen LogP contribution < -0.4 is 0 Å². The van der Waals surface area contributed by atoms with Crippen LogP contribution in [0.25, 0.3) is 0 Å². The molecule has 0 aromatic heterocycles. The first-order valence-electron chi connectivity index (χ1n) is 4.56. The van der Waals surface area contributed by atoms with Crippen molar-refractivity contribution in [3.63, 3.8) is 0 Å². The predicted octanol–water partition coefficient (Wildman–Crippen LogP) is 2.81. The molecule has 0 fully saturated rings. The SMILES string of the molecule is COCC1Cc2cccc(Br)c2C1. The number of hydrogen-bond acceptors (Lipinski definition) is 1. The largest absolute Gasteiger partial charge is 0.384 e. The first-order chi connectivity index (χ1) is 6.31. The Morgan fingerprint density at radius 1 is 1.46 bits per heavy atom. The number of ether oxygens (including phenoxy) is 1. The molecule has 0 N–H and O–H groups in total. The van der Waals surface area contributed by atoms with E-state index in [-0.39, 0.29) is 0 Å². The maximum absolute atomic E-state index is 5.18. The number of hydrogen-bond donors (Lipinski definition) is 0. The van der Waals surface area contributed by atoms with E-state index >= 15 is 0 Å². The van der Waals surface area contributed by atoms with Crippen molar-refractivity contribution in [2.24, 2.45) is 5.92 Å². The predicted molar refractivity (Wildman–Crippen MR) is 56.9 cm³/mol. The van der Waals surface area contributed by atoms with Crippen molar-refractivity contribution in [2.75, 3.05) is 13.7 Å². The number of benzene rings is 1. The zero-order valence-electron chi connectivity index (χ0n) is 7.72. The standard InChI is InChI=1S/C11H13BrO/c1-13-7-8-5-9-3-2-4-11(12)10(9)6-8/h2-4,8H,5-7H2,1H3. The average molecular weight is 241 g/mol. The van der Waals surface area contributed by atoms with Gasteiger partial charge in [-0.1, -0.05) is 28.1 Å². The van der Waals surface area contributed by atoms with E-state index in [4.69, 9.17) is 4.74 Å². The van der Waals surface area contributed by atoms with Crippen LogP contribution in [0, 0.1) is 5.92 Å². The summed E-state index contributed by atoms with van der Waals surface area (Å²) in [6.07, 6.45) is 2.33. The minimum Gasteiger partial charge on any atom is -0.384 e. The second-order valence-electron chi connectivity index (χ2n) is 3.61. The molecule has 0 saturated carbocycles. The molecule has 0 saturated heterocycles. The van der Waals surface area contributed by atoms with Crippen LogP contribution in [-0.4, -0.2) is 13.7 Å². The topological polar surface area (TPSA) is 9.23 Å².